The van der Waals surface area contributed by atoms with Crippen LogP contribution in [0, 0.1) is 0 Å². The van der Waals surface area contributed by atoms with Crippen LogP contribution in [-0.2, 0) is 12.0 Å². The summed E-state index contributed by atoms with van der Waals surface area (Å²) in [5.74, 6) is -0.970. The summed E-state index contributed by atoms with van der Waals surface area (Å²) in [7, 11) is 0. The van der Waals surface area contributed by atoms with Gasteiger partial charge in [-0.15, -0.1) is 24.8 Å². The topological polar surface area (TPSA) is 78.0 Å². The van der Waals surface area contributed by atoms with Crippen molar-refractivity contribution in [2.24, 2.45) is 0 Å². The predicted octanol–water partition coefficient (Wildman–Crippen LogP) is 1.33. The first-order valence-corrected chi connectivity index (χ1v) is 4.54. The molecule has 3 N–H and O–H groups in total. The van der Waals surface area contributed by atoms with Crippen molar-refractivity contribution in [1.29, 1.82) is 0 Å². The van der Waals surface area contributed by atoms with Crippen molar-refractivity contribution in [3.63, 3.8) is 0 Å². The molecule has 0 atom stereocenters. The zero-order valence-corrected chi connectivity index (χ0v) is 10.7. The number of carboxylic acid groups (broad SMARTS) is 1. The first-order chi connectivity index (χ1) is 6.52. The second-order valence-electron chi connectivity index (χ2n) is 4.22. The second-order valence-corrected chi connectivity index (χ2v) is 4.22. The smallest absolute Gasteiger partial charge is 0.356 e. The molecule has 5 nitrogen and oxygen atoms in total. The highest BCUT2D eigenvalue weighted by atomic mass is 35.5. The normalized spacial score (nSPS) is 16.6. The van der Waals surface area contributed by atoms with Crippen LogP contribution in [0.25, 0.3) is 0 Å². The van der Waals surface area contributed by atoms with Gasteiger partial charge in [0.25, 0.3) is 0 Å². The van der Waals surface area contributed by atoms with E-state index in [0.717, 1.165) is 17.8 Å². The van der Waals surface area contributed by atoms with Gasteiger partial charge in [0.15, 0.2) is 5.69 Å². The van der Waals surface area contributed by atoms with Crippen LogP contribution in [0.15, 0.2) is 0 Å². The molecule has 1 aromatic heterocycles. The molecule has 0 saturated carbocycles. The largest absolute Gasteiger partial charge is 0.476 e. The molecule has 2 rings (SSSR count). The number of aromatic carboxylic acids is 1. The number of nitrogens with zero attached hydrogens (tertiary/aromatic N) is 1. The lowest BCUT2D eigenvalue weighted by Crippen LogP contribution is -2.39. The van der Waals surface area contributed by atoms with Crippen molar-refractivity contribution in [2.45, 2.75) is 25.8 Å². The molecular weight excluding hydrogens is 253 g/mol. The molecule has 1 aromatic rings. The summed E-state index contributed by atoms with van der Waals surface area (Å²) in [5.41, 5.74) is 1.79. The number of nitrogens with one attached hydrogen (secondary N) is 2. The van der Waals surface area contributed by atoms with Gasteiger partial charge in [0, 0.05) is 29.8 Å². The Hall–Kier alpha value is -0.780. The maximum absolute atomic E-state index is 10.8. The molecule has 0 saturated heterocycles. The molecule has 0 amide bonds. The van der Waals surface area contributed by atoms with Crippen LogP contribution in [0.5, 0.6) is 0 Å². The number of aromatic amines is 1. The Morgan fingerprint density at radius 2 is 2.06 bits per heavy atom. The molecule has 1 aliphatic rings. The fourth-order valence-electron chi connectivity index (χ4n) is 1.86. The molecule has 16 heavy (non-hydrogen) atoms. The van der Waals surface area contributed by atoms with Gasteiger partial charge in [-0.05, 0) is 0 Å². The highest BCUT2D eigenvalue weighted by molar-refractivity contribution is 5.87. The lowest BCUT2D eigenvalue weighted by atomic mass is 9.83. The number of H-pyrrole nitrogens is 1. The van der Waals surface area contributed by atoms with E-state index in [1.165, 1.54) is 0 Å². The van der Waals surface area contributed by atoms with Crippen LogP contribution < -0.4 is 5.32 Å². The molecule has 0 unspecified atom stereocenters. The van der Waals surface area contributed by atoms with E-state index in [0.29, 0.717) is 6.54 Å². The van der Waals surface area contributed by atoms with E-state index in [2.05, 4.69) is 29.4 Å². The van der Waals surface area contributed by atoms with Crippen LogP contribution in [-0.4, -0.2) is 27.8 Å². The second kappa shape index (κ2) is 5.03. The summed E-state index contributed by atoms with van der Waals surface area (Å²) in [6.45, 7) is 5.53. The number of hydrogen-bond acceptors (Lipinski definition) is 3. The maximum Gasteiger partial charge on any atom is 0.356 e. The minimum absolute atomic E-state index is 0. The number of aromatic nitrogens is 2. The van der Waals surface area contributed by atoms with E-state index in [1.54, 1.807) is 0 Å². The quantitative estimate of drug-likeness (QED) is 0.718. The molecule has 0 fully saturated rings. The van der Waals surface area contributed by atoms with Crippen LogP contribution >= 0.6 is 24.8 Å². The molecule has 7 heteroatoms. The summed E-state index contributed by atoms with van der Waals surface area (Å²) < 4.78 is 0. The standard InChI is InChI=1S/C9H13N3O2.2ClH/c1-9(2)4-10-3-5-6(8(13)14)11-12-7(5)9;;/h10H,3-4H2,1-2H3,(H,11,12)(H,13,14);2*1H. The van der Waals surface area contributed by atoms with Crippen LogP contribution in [0.1, 0.15) is 35.6 Å². The third-order valence-electron chi connectivity index (χ3n) is 2.62. The molecule has 0 spiro atoms. The van der Waals surface area contributed by atoms with Crippen molar-refractivity contribution in [2.75, 3.05) is 6.54 Å². The third-order valence-corrected chi connectivity index (χ3v) is 2.62. The van der Waals surface area contributed by atoms with E-state index in [4.69, 9.17) is 5.11 Å². The number of carboxylic acids is 1. The minimum atomic E-state index is -0.970. The van der Waals surface area contributed by atoms with Gasteiger partial charge in [0.05, 0.1) is 0 Å². The van der Waals surface area contributed by atoms with E-state index < -0.39 is 5.97 Å². The average molecular weight is 268 g/mol. The molecule has 0 radical (unpaired) electrons. The molecule has 0 aliphatic carbocycles. The minimum Gasteiger partial charge on any atom is -0.476 e. The fraction of sp³-hybridized carbons (Fsp3) is 0.556. The summed E-state index contributed by atoms with van der Waals surface area (Å²) >= 11 is 0. The Labute approximate surface area is 106 Å². The molecule has 0 aromatic carbocycles. The van der Waals surface area contributed by atoms with Crippen molar-refractivity contribution in [3.8, 4) is 0 Å². The fourth-order valence-corrected chi connectivity index (χ4v) is 1.86. The zero-order chi connectivity index (χ0) is 10.3. The highest BCUT2D eigenvalue weighted by Gasteiger charge is 2.32. The van der Waals surface area contributed by atoms with Gasteiger partial charge < -0.3 is 10.4 Å². The van der Waals surface area contributed by atoms with E-state index in [9.17, 15) is 4.79 Å². The van der Waals surface area contributed by atoms with Crippen molar-refractivity contribution in [1.82, 2.24) is 15.5 Å². The van der Waals surface area contributed by atoms with E-state index in [1.807, 2.05) is 0 Å². The van der Waals surface area contributed by atoms with Crippen LogP contribution in [0.3, 0.4) is 0 Å². The number of fused-ring (bicyclic) bond motifs is 1. The maximum atomic E-state index is 10.8. The Kier molecular flexibility index (Phi) is 4.79. The van der Waals surface area contributed by atoms with Gasteiger partial charge in [0.2, 0.25) is 0 Å². The monoisotopic (exact) mass is 267 g/mol. The van der Waals surface area contributed by atoms with Gasteiger partial charge in [-0.3, -0.25) is 5.10 Å². The van der Waals surface area contributed by atoms with Gasteiger partial charge in [-0.25, -0.2) is 4.79 Å². The predicted molar refractivity (Wildman–Crippen MR) is 64.8 cm³/mol. The summed E-state index contributed by atoms with van der Waals surface area (Å²) in [6.07, 6.45) is 0. The zero-order valence-electron chi connectivity index (χ0n) is 9.03. The molecule has 0 bridgehead atoms. The summed E-state index contributed by atoms with van der Waals surface area (Å²) in [4.78, 5) is 10.8. The first kappa shape index (κ1) is 15.2. The first-order valence-electron chi connectivity index (χ1n) is 4.54. The molecular formula is C9H15Cl2N3O2. The molecule has 92 valence electrons. The van der Waals surface area contributed by atoms with E-state index in [-0.39, 0.29) is 35.9 Å². The van der Waals surface area contributed by atoms with Crippen molar-refractivity contribution >= 4 is 30.8 Å². The Morgan fingerprint density at radius 3 is 2.62 bits per heavy atom. The van der Waals surface area contributed by atoms with E-state index >= 15 is 0 Å². The highest BCUT2D eigenvalue weighted by Crippen LogP contribution is 2.29. The average Bonchev–Trinajstić information content (AvgIpc) is 2.48. The van der Waals surface area contributed by atoms with Crippen LogP contribution in [0.2, 0.25) is 0 Å². The summed E-state index contributed by atoms with van der Waals surface area (Å²) in [6, 6.07) is 0. The van der Waals surface area contributed by atoms with Gasteiger partial charge in [-0.1, -0.05) is 13.8 Å². The Bertz CT molecular complexity index is 390. The number of hydrogen-bond donors (Lipinski definition) is 3. The van der Waals surface area contributed by atoms with Gasteiger partial charge >= 0.3 is 5.97 Å². The van der Waals surface area contributed by atoms with Gasteiger partial charge in [0.1, 0.15) is 0 Å². The number of halogens is 2. The molecule has 1 aliphatic heterocycles. The van der Waals surface area contributed by atoms with Gasteiger partial charge in [-0.2, -0.15) is 5.10 Å². The SMILES string of the molecule is CC1(C)CNCc2c(C(=O)O)n[nH]c21.Cl.Cl. The van der Waals surface area contributed by atoms with Crippen molar-refractivity contribution < 1.29 is 9.90 Å². The Balaban J connectivity index is 0.00000112. The lowest BCUT2D eigenvalue weighted by molar-refractivity contribution is 0.0689. The number of carbonyl (C=O) groups is 1. The summed E-state index contributed by atoms with van der Waals surface area (Å²) in [5, 5.41) is 18.7. The molecule has 2 heterocycles. The van der Waals surface area contributed by atoms with Crippen LogP contribution in [0.4, 0.5) is 0 Å². The Morgan fingerprint density at radius 1 is 1.44 bits per heavy atom. The third kappa shape index (κ3) is 2.31. The number of rotatable bonds is 1. The lowest BCUT2D eigenvalue weighted by Gasteiger charge is -2.29. The van der Waals surface area contributed by atoms with Crippen molar-refractivity contribution in [3.05, 3.63) is 17.0 Å².